The fourth-order valence-electron chi connectivity index (χ4n) is 2.07. The van der Waals surface area contributed by atoms with E-state index in [2.05, 4.69) is 6.07 Å². The van der Waals surface area contributed by atoms with Gasteiger partial charge in [0.25, 0.3) is 0 Å². The molecule has 2 amide bonds. The number of hydrogen-bond donors (Lipinski definition) is 0. The number of nitrogens with zero attached hydrogens (tertiary/aromatic N) is 3. The summed E-state index contributed by atoms with van der Waals surface area (Å²) in [7, 11) is 0. The van der Waals surface area contributed by atoms with Crippen molar-refractivity contribution in [2.24, 2.45) is 0 Å². The van der Waals surface area contributed by atoms with Crippen LogP contribution in [0.4, 0.5) is 0 Å². The van der Waals surface area contributed by atoms with Crippen molar-refractivity contribution in [3.63, 3.8) is 0 Å². The summed E-state index contributed by atoms with van der Waals surface area (Å²) in [5, 5.41) is 9.25. The third-order valence-electron chi connectivity index (χ3n) is 3.28. The van der Waals surface area contributed by atoms with Crippen molar-refractivity contribution in [2.45, 2.75) is 45.9 Å². The summed E-state index contributed by atoms with van der Waals surface area (Å²) in [5.41, 5.74) is 0. The van der Waals surface area contributed by atoms with Crippen LogP contribution < -0.4 is 0 Å². The molecule has 0 saturated carbocycles. The van der Waals surface area contributed by atoms with Crippen LogP contribution >= 0.6 is 0 Å². The minimum absolute atomic E-state index is 0.000220. The van der Waals surface area contributed by atoms with Crippen molar-refractivity contribution >= 4 is 11.8 Å². The lowest BCUT2D eigenvalue weighted by Crippen LogP contribution is -2.57. The number of nitriles is 1. The molecule has 1 aliphatic rings. The van der Waals surface area contributed by atoms with Crippen LogP contribution in [-0.4, -0.2) is 72.7 Å². The summed E-state index contributed by atoms with van der Waals surface area (Å²) in [4.78, 5) is 27.2. The summed E-state index contributed by atoms with van der Waals surface area (Å²) in [5.74, 6) is -0.370. The minimum Gasteiger partial charge on any atom is -0.369 e. The van der Waals surface area contributed by atoms with E-state index in [1.54, 1.807) is 4.90 Å². The SMILES string of the molecule is CC(C)OCC(=O)N1CCN(C(=O)COC(C)C)C(C#N)C1. The monoisotopic (exact) mass is 311 g/mol. The Morgan fingerprint density at radius 2 is 1.64 bits per heavy atom. The predicted octanol–water partition coefficient (Wildman–Crippen LogP) is 0.399. The van der Waals surface area contributed by atoms with E-state index >= 15 is 0 Å². The Hall–Kier alpha value is -1.65. The second-order valence-corrected chi connectivity index (χ2v) is 5.79. The molecule has 1 heterocycles. The maximum atomic E-state index is 12.1. The molecule has 0 radical (unpaired) electrons. The molecular formula is C15H25N3O4. The lowest BCUT2D eigenvalue weighted by atomic mass is 10.2. The van der Waals surface area contributed by atoms with Gasteiger partial charge in [-0.2, -0.15) is 5.26 Å². The Kier molecular flexibility index (Phi) is 7.28. The molecule has 1 rings (SSSR count). The lowest BCUT2D eigenvalue weighted by molar-refractivity contribution is -0.147. The molecule has 0 aromatic carbocycles. The van der Waals surface area contributed by atoms with Gasteiger partial charge >= 0.3 is 0 Å². The number of rotatable bonds is 6. The van der Waals surface area contributed by atoms with E-state index in [0.29, 0.717) is 13.1 Å². The molecular weight excluding hydrogens is 286 g/mol. The molecule has 7 heteroatoms. The largest absolute Gasteiger partial charge is 0.369 e. The van der Waals surface area contributed by atoms with E-state index in [1.165, 1.54) is 4.90 Å². The van der Waals surface area contributed by atoms with Gasteiger partial charge in [-0.15, -0.1) is 0 Å². The van der Waals surface area contributed by atoms with Gasteiger partial charge in [0.2, 0.25) is 11.8 Å². The fraction of sp³-hybridized carbons (Fsp3) is 0.800. The molecule has 1 unspecified atom stereocenters. The normalized spacial score (nSPS) is 18.7. The molecule has 124 valence electrons. The second-order valence-electron chi connectivity index (χ2n) is 5.79. The molecule has 1 saturated heterocycles. The zero-order chi connectivity index (χ0) is 16.7. The molecule has 1 aliphatic heterocycles. The number of amides is 2. The summed E-state index contributed by atoms with van der Waals surface area (Å²) >= 11 is 0. The summed E-state index contributed by atoms with van der Waals surface area (Å²) in [6.07, 6.45) is -0.0627. The molecule has 0 aliphatic carbocycles. The van der Waals surface area contributed by atoms with Gasteiger partial charge in [0.15, 0.2) is 0 Å². The van der Waals surface area contributed by atoms with Gasteiger partial charge in [0.05, 0.1) is 24.8 Å². The second kappa shape index (κ2) is 8.71. The van der Waals surface area contributed by atoms with E-state index in [9.17, 15) is 14.9 Å². The van der Waals surface area contributed by atoms with Gasteiger partial charge < -0.3 is 19.3 Å². The molecule has 0 aromatic heterocycles. The smallest absolute Gasteiger partial charge is 0.249 e. The number of hydrogen-bond acceptors (Lipinski definition) is 5. The first kappa shape index (κ1) is 18.4. The van der Waals surface area contributed by atoms with Crippen LogP contribution in [0, 0.1) is 11.3 Å². The highest BCUT2D eigenvalue weighted by molar-refractivity contribution is 5.80. The zero-order valence-electron chi connectivity index (χ0n) is 13.7. The van der Waals surface area contributed by atoms with Gasteiger partial charge in [0.1, 0.15) is 19.3 Å². The predicted molar refractivity (Wildman–Crippen MR) is 79.9 cm³/mol. The van der Waals surface area contributed by atoms with E-state index in [-0.39, 0.29) is 43.8 Å². The molecule has 22 heavy (non-hydrogen) atoms. The number of carbonyl (C=O) groups excluding carboxylic acids is 2. The van der Waals surface area contributed by atoms with Crippen molar-refractivity contribution in [3.05, 3.63) is 0 Å². The van der Waals surface area contributed by atoms with Gasteiger partial charge in [-0.05, 0) is 27.7 Å². The van der Waals surface area contributed by atoms with Crippen LogP contribution in [-0.2, 0) is 19.1 Å². The average Bonchev–Trinajstić information content (AvgIpc) is 2.49. The molecule has 0 spiro atoms. The van der Waals surface area contributed by atoms with Crippen LogP contribution in [0.5, 0.6) is 0 Å². The third-order valence-corrected chi connectivity index (χ3v) is 3.28. The van der Waals surface area contributed by atoms with Gasteiger partial charge in [-0.3, -0.25) is 9.59 Å². The maximum absolute atomic E-state index is 12.1. The van der Waals surface area contributed by atoms with Crippen molar-refractivity contribution in [2.75, 3.05) is 32.8 Å². The van der Waals surface area contributed by atoms with E-state index in [1.807, 2.05) is 27.7 Å². The highest BCUT2D eigenvalue weighted by Gasteiger charge is 2.32. The van der Waals surface area contributed by atoms with E-state index in [4.69, 9.17) is 9.47 Å². The lowest BCUT2D eigenvalue weighted by Gasteiger charge is -2.38. The first-order valence-electron chi connectivity index (χ1n) is 7.55. The van der Waals surface area contributed by atoms with Gasteiger partial charge in [0, 0.05) is 13.1 Å². The Morgan fingerprint density at radius 1 is 1.09 bits per heavy atom. The van der Waals surface area contributed by atoms with Crippen LogP contribution in [0.1, 0.15) is 27.7 Å². The number of carbonyl (C=O) groups is 2. The standard InChI is InChI=1S/C15H25N3O4/c1-11(2)21-9-14(19)17-5-6-18(13(7-16)8-17)15(20)10-22-12(3)4/h11-13H,5-6,8-10H2,1-4H3. The molecule has 7 nitrogen and oxygen atoms in total. The molecule has 0 aromatic rings. The molecule has 0 bridgehead atoms. The Balaban J connectivity index is 2.55. The van der Waals surface area contributed by atoms with Crippen LogP contribution in [0.2, 0.25) is 0 Å². The zero-order valence-corrected chi connectivity index (χ0v) is 13.7. The van der Waals surface area contributed by atoms with Crippen LogP contribution in [0.15, 0.2) is 0 Å². The fourth-order valence-corrected chi connectivity index (χ4v) is 2.07. The molecule has 0 N–H and O–H groups in total. The quantitative estimate of drug-likeness (QED) is 0.709. The van der Waals surface area contributed by atoms with Crippen molar-refractivity contribution in [3.8, 4) is 6.07 Å². The van der Waals surface area contributed by atoms with Crippen molar-refractivity contribution < 1.29 is 19.1 Å². The number of ether oxygens (including phenoxy) is 2. The van der Waals surface area contributed by atoms with Crippen molar-refractivity contribution in [1.82, 2.24) is 9.80 Å². The summed E-state index contributed by atoms with van der Waals surface area (Å²) in [6.45, 7) is 8.33. The van der Waals surface area contributed by atoms with E-state index in [0.717, 1.165) is 0 Å². The first-order valence-corrected chi connectivity index (χ1v) is 7.55. The van der Waals surface area contributed by atoms with Crippen LogP contribution in [0.3, 0.4) is 0 Å². The third kappa shape index (κ3) is 5.62. The van der Waals surface area contributed by atoms with Crippen molar-refractivity contribution in [1.29, 1.82) is 5.26 Å². The Morgan fingerprint density at radius 3 is 2.14 bits per heavy atom. The maximum Gasteiger partial charge on any atom is 0.249 e. The number of piperazine rings is 1. The molecule has 1 atom stereocenters. The van der Waals surface area contributed by atoms with E-state index < -0.39 is 6.04 Å². The first-order chi connectivity index (χ1) is 10.3. The van der Waals surface area contributed by atoms with Gasteiger partial charge in [-0.1, -0.05) is 0 Å². The van der Waals surface area contributed by atoms with Crippen LogP contribution in [0.25, 0.3) is 0 Å². The summed E-state index contributed by atoms with van der Waals surface area (Å²) < 4.78 is 10.6. The topological polar surface area (TPSA) is 82.9 Å². The Labute approximate surface area is 131 Å². The average molecular weight is 311 g/mol. The Bertz CT molecular complexity index is 431. The molecule has 1 fully saturated rings. The van der Waals surface area contributed by atoms with Gasteiger partial charge in [-0.25, -0.2) is 0 Å². The summed E-state index contributed by atoms with van der Waals surface area (Å²) in [6, 6.07) is 1.45. The highest BCUT2D eigenvalue weighted by Crippen LogP contribution is 2.11. The highest BCUT2D eigenvalue weighted by atomic mass is 16.5. The minimum atomic E-state index is -0.639.